The topological polar surface area (TPSA) is 74.0 Å². The molecule has 0 saturated carbocycles. The van der Waals surface area contributed by atoms with Crippen LogP contribution in [0.25, 0.3) is 10.9 Å². The Morgan fingerprint density at radius 2 is 2.06 bits per heavy atom. The number of nitrogens with two attached hydrogens (primary N) is 2. The fourth-order valence-corrected chi connectivity index (χ4v) is 1.89. The number of rotatable bonds is 2. The average Bonchev–Trinajstić information content (AvgIpc) is 2.67. The molecule has 4 N–H and O–H groups in total. The Balaban J connectivity index is 0.00000144. The van der Waals surface area contributed by atoms with E-state index in [-0.39, 0.29) is 24.4 Å². The molecular weight excluding hydrogens is 238 g/mol. The van der Waals surface area contributed by atoms with Crippen molar-refractivity contribution in [3.05, 3.63) is 36.0 Å². The van der Waals surface area contributed by atoms with Crippen LogP contribution in [-0.2, 0) is 0 Å². The largest absolute Gasteiger partial charge is 0.329 e. The third kappa shape index (κ3) is 2.34. The number of benzene rings is 1. The molecule has 0 unspecified atom stereocenters. The molecule has 0 radical (unpaired) electrons. The van der Waals surface area contributed by atoms with Crippen molar-refractivity contribution < 1.29 is 4.79 Å². The Hall–Kier alpha value is -1.36. The van der Waals surface area contributed by atoms with E-state index in [1.54, 1.807) is 10.8 Å². The number of aromatic nitrogens is 1. The highest BCUT2D eigenvalue weighted by Crippen LogP contribution is 2.24. The van der Waals surface area contributed by atoms with Crippen molar-refractivity contribution in [2.45, 2.75) is 13.0 Å². The van der Waals surface area contributed by atoms with Gasteiger partial charge in [-0.25, -0.2) is 0 Å². The van der Waals surface area contributed by atoms with Crippen LogP contribution >= 0.6 is 12.4 Å². The van der Waals surface area contributed by atoms with E-state index in [9.17, 15) is 4.79 Å². The molecule has 2 rings (SSSR count). The highest BCUT2D eigenvalue weighted by Gasteiger charge is 2.14. The first-order chi connectivity index (χ1) is 7.65. The summed E-state index contributed by atoms with van der Waals surface area (Å²) in [5.74, 6) is -0.0216. The molecule has 4 nitrogen and oxygen atoms in total. The van der Waals surface area contributed by atoms with Crippen LogP contribution in [0.15, 0.2) is 30.5 Å². The lowest BCUT2D eigenvalue weighted by atomic mass is 10.1. The zero-order chi connectivity index (χ0) is 11.7. The SMILES string of the molecule is CC(=O)n1cc([C@@H](N)CN)c2ccccc21.Cl. The third-order valence-electron chi connectivity index (χ3n) is 2.74. The van der Waals surface area contributed by atoms with E-state index in [4.69, 9.17) is 11.5 Å². The second-order valence-electron chi connectivity index (χ2n) is 3.83. The fraction of sp³-hybridized carbons (Fsp3) is 0.250. The van der Waals surface area contributed by atoms with Crippen molar-refractivity contribution >= 4 is 29.2 Å². The van der Waals surface area contributed by atoms with Crippen molar-refractivity contribution in [3.63, 3.8) is 0 Å². The zero-order valence-electron chi connectivity index (χ0n) is 9.59. The summed E-state index contributed by atoms with van der Waals surface area (Å²) in [6.07, 6.45) is 1.78. The molecule has 0 fully saturated rings. The second kappa shape index (κ2) is 5.31. The van der Waals surface area contributed by atoms with Crippen LogP contribution in [0.4, 0.5) is 0 Å². The molecule has 0 aliphatic rings. The van der Waals surface area contributed by atoms with Gasteiger partial charge in [0.25, 0.3) is 0 Å². The number of fused-ring (bicyclic) bond motifs is 1. The number of carbonyl (C=O) groups excluding carboxylic acids is 1. The van der Waals surface area contributed by atoms with Crippen molar-refractivity contribution in [2.75, 3.05) is 6.54 Å². The van der Waals surface area contributed by atoms with E-state index in [0.717, 1.165) is 16.5 Å². The molecule has 0 bridgehead atoms. The van der Waals surface area contributed by atoms with Gasteiger partial charge >= 0.3 is 0 Å². The molecular formula is C12H16ClN3O. The molecule has 1 atom stereocenters. The molecule has 0 aliphatic heterocycles. The molecule has 92 valence electrons. The first-order valence-corrected chi connectivity index (χ1v) is 5.21. The van der Waals surface area contributed by atoms with E-state index < -0.39 is 0 Å². The second-order valence-corrected chi connectivity index (χ2v) is 3.83. The Morgan fingerprint density at radius 1 is 1.41 bits per heavy atom. The van der Waals surface area contributed by atoms with E-state index in [1.807, 2.05) is 24.3 Å². The summed E-state index contributed by atoms with van der Waals surface area (Å²) >= 11 is 0. The summed E-state index contributed by atoms with van der Waals surface area (Å²) in [7, 11) is 0. The normalized spacial score (nSPS) is 12.2. The van der Waals surface area contributed by atoms with Gasteiger partial charge in [0.05, 0.1) is 5.52 Å². The van der Waals surface area contributed by atoms with Gasteiger partial charge in [-0.3, -0.25) is 9.36 Å². The maximum atomic E-state index is 11.5. The van der Waals surface area contributed by atoms with Crippen molar-refractivity contribution in [1.29, 1.82) is 0 Å². The molecule has 1 heterocycles. The molecule has 1 aromatic carbocycles. The quantitative estimate of drug-likeness (QED) is 0.855. The minimum absolute atomic E-state index is 0. The van der Waals surface area contributed by atoms with E-state index in [1.165, 1.54) is 6.92 Å². The highest BCUT2D eigenvalue weighted by molar-refractivity contribution is 5.93. The molecule has 2 aromatic rings. The summed E-state index contributed by atoms with van der Waals surface area (Å²) in [5.41, 5.74) is 13.3. The first-order valence-electron chi connectivity index (χ1n) is 5.21. The molecule has 5 heteroatoms. The molecule has 0 spiro atoms. The van der Waals surface area contributed by atoms with Gasteiger partial charge in [0, 0.05) is 31.1 Å². The lowest BCUT2D eigenvalue weighted by molar-refractivity contribution is 0.0941. The number of carbonyl (C=O) groups is 1. The van der Waals surface area contributed by atoms with Gasteiger partial charge in [0.15, 0.2) is 0 Å². The van der Waals surface area contributed by atoms with E-state index >= 15 is 0 Å². The van der Waals surface area contributed by atoms with Crippen molar-refractivity contribution in [2.24, 2.45) is 11.5 Å². The molecule has 17 heavy (non-hydrogen) atoms. The minimum atomic E-state index is -0.231. The molecule has 1 aromatic heterocycles. The average molecular weight is 254 g/mol. The number of nitrogens with zero attached hydrogens (tertiary/aromatic N) is 1. The van der Waals surface area contributed by atoms with Crippen LogP contribution in [0.2, 0.25) is 0 Å². The summed E-state index contributed by atoms with van der Waals surface area (Å²) in [6.45, 7) is 1.90. The fourth-order valence-electron chi connectivity index (χ4n) is 1.89. The number of halogens is 1. The first kappa shape index (κ1) is 13.7. The van der Waals surface area contributed by atoms with Gasteiger partial charge in [0.1, 0.15) is 0 Å². The van der Waals surface area contributed by atoms with Crippen LogP contribution < -0.4 is 11.5 Å². The summed E-state index contributed by atoms with van der Waals surface area (Å²) < 4.78 is 1.61. The minimum Gasteiger partial charge on any atom is -0.329 e. The van der Waals surface area contributed by atoms with Crippen LogP contribution in [0, 0.1) is 0 Å². The van der Waals surface area contributed by atoms with Crippen molar-refractivity contribution in [3.8, 4) is 0 Å². The van der Waals surface area contributed by atoms with Gasteiger partial charge in [-0.1, -0.05) is 18.2 Å². The number of para-hydroxylation sites is 1. The molecule has 0 saturated heterocycles. The zero-order valence-corrected chi connectivity index (χ0v) is 10.4. The van der Waals surface area contributed by atoms with Crippen LogP contribution in [0.5, 0.6) is 0 Å². The van der Waals surface area contributed by atoms with Gasteiger partial charge in [0.2, 0.25) is 5.91 Å². The maximum Gasteiger partial charge on any atom is 0.227 e. The van der Waals surface area contributed by atoms with E-state index in [0.29, 0.717) is 6.54 Å². The lowest BCUT2D eigenvalue weighted by Gasteiger charge is -2.06. The Morgan fingerprint density at radius 3 is 2.65 bits per heavy atom. The number of hydrogen-bond acceptors (Lipinski definition) is 3. The predicted molar refractivity (Wildman–Crippen MR) is 71.5 cm³/mol. The summed E-state index contributed by atoms with van der Waals surface area (Å²) in [6, 6.07) is 7.47. The van der Waals surface area contributed by atoms with Gasteiger partial charge in [-0.15, -0.1) is 12.4 Å². The van der Waals surface area contributed by atoms with Crippen LogP contribution in [-0.4, -0.2) is 17.0 Å². The third-order valence-corrected chi connectivity index (χ3v) is 2.74. The van der Waals surface area contributed by atoms with Crippen LogP contribution in [0.3, 0.4) is 0 Å². The Kier molecular flexibility index (Phi) is 4.28. The highest BCUT2D eigenvalue weighted by atomic mass is 35.5. The van der Waals surface area contributed by atoms with E-state index in [2.05, 4.69) is 0 Å². The van der Waals surface area contributed by atoms with Gasteiger partial charge in [-0.05, 0) is 11.6 Å². The number of hydrogen-bond donors (Lipinski definition) is 2. The smallest absolute Gasteiger partial charge is 0.227 e. The summed E-state index contributed by atoms with van der Waals surface area (Å²) in [4.78, 5) is 11.5. The lowest BCUT2D eigenvalue weighted by Crippen LogP contribution is -2.20. The van der Waals surface area contributed by atoms with Gasteiger partial charge in [-0.2, -0.15) is 0 Å². The monoisotopic (exact) mass is 253 g/mol. The summed E-state index contributed by atoms with van der Waals surface area (Å²) in [5, 5.41) is 0.996. The van der Waals surface area contributed by atoms with Gasteiger partial charge < -0.3 is 11.5 Å². The predicted octanol–water partition coefficient (Wildman–Crippen LogP) is 1.68. The standard InChI is InChI=1S/C12H15N3O.ClH/c1-8(16)15-7-10(11(14)6-13)9-4-2-3-5-12(9)15;/h2-5,7,11H,6,13-14H2,1H3;1H/t11-;/m0./s1. The Bertz CT molecular complexity index is 536. The van der Waals surface area contributed by atoms with Crippen molar-refractivity contribution in [1.82, 2.24) is 4.57 Å². The molecule has 0 aliphatic carbocycles. The maximum absolute atomic E-state index is 11.5. The molecule has 0 amide bonds. The van der Waals surface area contributed by atoms with Crippen LogP contribution in [0.1, 0.15) is 23.3 Å². The Labute approximate surface area is 106 Å².